The van der Waals surface area contributed by atoms with E-state index in [1.54, 1.807) is 42.8 Å². The van der Waals surface area contributed by atoms with Gasteiger partial charge >= 0.3 is 0 Å². The summed E-state index contributed by atoms with van der Waals surface area (Å²) in [5.74, 6) is 1.02. The molecule has 5 rings (SSSR count). The largest absolute Gasteiger partial charge is 0.457 e. The molecule has 0 aliphatic carbocycles. The summed E-state index contributed by atoms with van der Waals surface area (Å²) in [5, 5.41) is 16.2. The fourth-order valence-corrected chi connectivity index (χ4v) is 4.09. The molecule has 8 nitrogen and oxygen atoms in total. The number of amides is 1. The Balaban J connectivity index is 1.41. The van der Waals surface area contributed by atoms with Gasteiger partial charge in [0.05, 0.1) is 23.6 Å². The number of methoxy groups -OCH3 is 1. The van der Waals surface area contributed by atoms with E-state index in [9.17, 15) is 4.79 Å². The summed E-state index contributed by atoms with van der Waals surface area (Å²) in [7, 11) is 1.61. The zero-order valence-electron chi connectivity index (χ0n) is 19.6. The van der Waals surface area contributed by atoms with Gasteiger partial charge in [-0.1, -0.05) is 46.3 Å². The molecule has 0 saturated heterocycles. The van der Waals surface area contributed by atoms with Crippen molar-refractivity contribution in [3.63, 3.8) is 0 Å². The average Bonchev–Trinajstić information content (AvgIpc) is 3.26. The number of benzene rings is 3. The number of fused-ring (bicyclic) bond motifs is 1. The van der Waals surface area contributed by atoms with Gasteiger partial charge in [0, 0.05) is 17.3 Å². The third-order valence-corrected chi connectivity index (χ3v) is 6.09. The van der Waals surface area contributed by atoms with Crippen LogP contribution in [-0.2, 0) is 11.3 Å². The van der Waals surface area contributed by atoms with E-state index < -0.39 is 0 Å². The lowest BCUT2D eigenvalue weighted by atomic mass is 10.1. The second kappa shape index (κ2) is 10.3. The number of anilines is 1. The number of hydrogen-bond acceptors (Lipinski definition) is 6. The lowest BCUT2D eigenvalue weighted by Crippen LogP contribution is -2.18. The molecule has 0 spiro atoms. The quantitative estimate of drug-likeness (QED) is 0.268. The number of nitrogens with zero attached hydrogens (tertiary/aromatic N) is 4. The summed E-state index contributed by atoms with van der Waals surface area (Å²) in [6.45, 7) is 2.09. The standard InChI is InChI=1S/C27H22BrN5O3/c1-17-25(27(34)29-20-12-14-22(15-13-20)36-21-6-4-3-5-7-21)30-31-26-24(18-8-10-19(28)11-9-18)23(16-35-2)32-33(17)26/h3-15H,16H2,1-2H3,(H,29,34). The van der Waals surface area contributed by atoms with Crippen LogP contribution in [0, 0.1) is 6.92 Å². The first-order chi connectivity index (χ1) is 17.5. The topological polar surface area (TPSA) is 90.6 Å². The van der Waals surface area contributed by atoms with Gasteiger partial charge < -0.3 is 14.8 Å². The molecule has 180 valence electrons. The van der Waals surface area contributed by atoms with Crippen LogP contribution in [0.2, 0.25) is 0 Å². The van der Waals surface area contributed by atoms with Crippen molar-refractivity contribution in [2.24, 2.45) is 0 Å². The zero-order valence-corrected chi connectivity index (χ0v) is 21.2. The van der Waals surface area contributed by atoms with Gasteiger partial charge in [-0.3, -0.25) is 4.79 Å². The molecule has 1 N–H and O–H groups in total. The molecule has 0 aliphatic heterocycles. The maximum atomic E-state index is 13.1. The Kier molecular flexibility index (Phi) is 6.75. The highest BCUT2D eigenvalue weighted by atomic mass is 79.9. The normalized spacial score (nSPS) is 11.0. The van der Waals surface area contributed by atoms with Crippen molar-refractivity contribution < 1.29 is 14.3 Å². The molecule has 0 atom stereocenters. The summed E-state index contributed by atoms with van der Waals surface area (Å²) in [6, 6.07) is 24.5. The Morgan fingerprint density at radius 2 is 1.64 bits per heavy atom. The first-order valence-corrected chi connectivity index (χ1v) is 12.0. The predicted octanol–water partition coefficient (Wildman–Crippen LogP) is 6.05. The number of aromatic nitrogens is 4. The van der Waals surface area contributed by atoms with Crippen molar-refractivity contribution in [2.75, 3.05) is 12.4 Å². The smallest absolute Gasteiger partial charge is 0.278 e. The van der Waals surface area contributed by atoms with Gasteiger partial charge in [0.1, 0.15) is 11.5 Å². The molecule has 0 radical (unpaired) electrons. The minimum absolute atomic E-state index is 0.181. The van der Waals surface area contributed by atoms with Crippen molar-refractivity contribution in [3.8, 4) is 22.6 Å². The zero-order chi connectivity index (χ0) is 25.1. The van der Waals surface area contributed by atoms with Crippen LogP contribution in [-0.4, -0.2) is 32.8 Å². The van der Waals surface area contributed by atoms with Crippen molar-refractivity contribution in [2.45, 2.75) is 13.5 Å². The Morgan fingerprint density at radius 1 is 0.944 bits per heavy atom. The van der Waals surface area contributed by atoms with Gasteiger partial charge in [0.25, 0.3) is 5.91 Å². The first-order valence-electron chi connectivity index (χ1n) is 11.2. The number of hydrogen-bond donors (Lipinski definition) is 1. The minimum atomic E-state index is -0.382. The highest BCUT2D eigenvalue weighted by Crippen LogP contribution is 2.30. The summed E-state index contributed by atoms with van der Waals surface area (Å²) in [5.41, 5.74) is 4.38. The van der Waals surface area contributed by atoms with Crippen molar-refractivity contribution >= 4 is 33.2 Å². The van der Waals surface area contributed by atoms with E-state index in [1.165, 1.54) is 0 Å². The lowest BCUT2D eigenvalue weighted by molar-refractivity contribution is 0.102. The van der Waals surface area contributed by atoms with Crippen molar-refractivity contribution in [3.05, 3.63) is 100 Å². The molecule has 5 aromatic rings. The molecule has 0 unspecified atom stereocenters. The second-order valence-electron chi connectivity index (χ2n) is 8.02. The maximum Gasteiger partial charge on any atom is 0.278 e. The molecule has 0 fully saturated rings. The van der Waals surface area contributed by atoms with Gasteiger partial charge in [-0.05, 0) is 61.0 Å². The van der Waals surface area contributed by atoms with Crippen LogP contribution in [0.1, 0.15) is 21.9 Å². The number of nitrogens with one attached hydrogen (secondary N) is 1. The Labute approximate surface area is 216 Å². The molecule has 0 bridgehead atoms. The maximum absolute atomic E-state index is 13.1. The molecular weight excluding hydrogens is 522 g/mol. The minimum Gasteiger partial charge on any atom is -0.457 e. The molecule has 2 aromatic heterocycles. The van der Waals surface area contributed by atoms with Gasteiger partial charge in [-0.25, -0.2) is 4.52 Å². The van der Waals surface area contributed by atoms with Gasteiger partial charge in [0.2, 0.25) is 0 Å². The number of para-hydroxylation sites is 1. The van der Waals surface area contributed by atoms with E-state index in [0.29, 0.717) is 35.1 Å². The molecule has 1 amide bonds. The number of ether oxygens (including phenoxy) is 2. The third-order valence-electron chi connectivity index (χ3n) is 5.56. The van der Waals surface area contributed by atoms with Crippen LogP contribution in [0.3, 0.4) is 0 Å². The highest BCUT2D eigenvalue weighted by Gasteiger charge is 2.22. The molecule has 2 heterocycles. The van der Waals surface area contributed by atoms with Crippen LogP contribution in [0.15, 0.2) is 83.3 Å². The monoisotopic (exact) mass is 543 g/mol. The highest BCUT2D eigenvalue weighted by molar-refractivity contribution is 9.10. The van der Waals surface area contributed by atoms with Crippen LogP contribution in [0.5, 0.6) is 11.5 Å². The molecule has 3 aromatic carbocycles. The van der Waals surface area contributed by atoms with Crippen LogP contribution >= 0.6 is 15.9 Å². The Hall–Kier alpha value is -4.08. The number of carbonyl (C=O) groups is 1. The van der Waals surface area contributed by atoms with E-state index in [2.05, 4.69) is 36.5 Å². The van der Waals surface area contributed by atoms with Crippen LogP contribution in [0.25, 0.3) is 16.8 Å². The van der Waals surface area contributed by atoms with Crippen molar-refractivity contribution in [1.82, 2.24) is 19.8 Å². The summed E-state index contributed by atoms with van der Waals surface area (Å²) in [6.07, 6.45) is 0. The Morgan fingerprint density at radius 3 is 2.33 bits per heavy atom. The van der Waals surface area contributed by atoms with E-state index in [-0.39, 0.29) is 11.6 Å². The van der Waals surface area contributed by atoms with Gasteiger partial charge in [-0.2, -0.15) is 5.10 Å². The van der Waals surface area contributed by atoms with Crippen LogP contribution in [0.4, 0.5) is 5.69 Å². The number of carbonyl (C=O) groups excluding carboxylic acids is 1. The summed E-state index contributed by atoms with van der Waals surface area (Å²) >= 11 is 3.47. The fraction of sp³-hybridized carbons (Fsp3) is 0.111. The van der Waals surface area contributed by atoms with Gasteiger partial charge in [-0.15, -0.1) is 10.2 Å². The average molecular weight is 544 g/mol. The molecule has 0 aliphatic rings. The summed E-state index contributed by atoms with van der Waals surface area (Å²) in [4.78, 5) is 13.1. The molecule has 9 heteroatoms. The number of aryl methyl sites for hydroxylation is 1. The molecule has 0 saturated carbocycles. The Bertz CT molecular complexity index is 1520. The SMILES string of the molecule is COCc1nn2c(C)c(C(=O)Nc3ccc(Oc4ccccc4)cc3)nnc2c1-c1ccc(Br)cc1. The number of halogens is 1. The molecule has 36 heavy (non-hydrogen) atoms. The summed E-state index contributed by atoms with van der Waals surface area (Å²) < 4.78 is 13.8. The second-order valence-corrected chi connectivity index (χ2v) is 8.94. The predicted molar refractivity (Wildman–Crippen MR) is 140 cm³/mol. The first kappa shape index (κ1) is 23.7. The van der Waals surface area contributed by atoms with E-state index in [0.717, 1.165) is 21.3 Å². The lowest BCUT2D eigenvalue weighted by Gasteiger charge is -2.09. The van der Waals surface area contributed by atoms with Crippen LogP contribution < -0.4 is 10.1 Å². The van der Waals surface area contributed by atoms with E-state index in [1.807, 2.05) is 54.6 Å². The molecular formula is C27H22BrN5O3. The van der Waals surface area contributed by atoms with Crippen molar-refractivity contribution in [1.29, 1.82) is 0 Å². The number of rotatable bonds is 7. The third kappa shape index (κ3) is 4.84. The van der Waals surface area contributed by atoms with E-state index in [4.69, 9.17) is 9.47 Å². The van der Waals surface area contributed by atoms with E-state index >= 15 is 0 Å². The fourth-order valence-electron chi connectivity index (χ4n) is 3.83. The van der Waals surface area contributed by atoms with Gasteiger partial charge in [0.15, 0.2) is 11.3 Å².